The van der Waals surface area contributed by atoms with Crippen LogP contribution in [0, 0.1) is 19.3 Å². The van der Waals surface area contributed by atoms with Gasteiger partial charge in [-0.2, -0.15) is 0 Å². The van der Waals surface area contributed by atoms with Gasteiger partial charge in [0.05, 0.1) is 12.5 Å². The molecule has 0 heterocycles. The van der Waals surface area contributed by atoms with Crippen LogP contribution in [-0.2, 0) is 9.53 Å². The first kappa shape index (κ1) is 12.0. The van der Waals surface area contributed by atoms with Crippen molar-refractivity contribution in [1.29, 1.82) is 0 Å². The lowest BCUT2D eigenvalue weighted by Gasteiger charge is -2.16. The van der Waals surface area contributed by atoms with Crippen molar-refractivity contribution < 1.29 is 9.53 Å². The second kappa shape index (κ2) is 4.40. The Hall–Kier alpha value is -1.51. The normalized spacial score (nSPS) is 16.4. The summed E-state index contributed by atoms with van der Waals surface area (Å²) in [6.45, 7) is 4.85. The van der Waals surface area contributed by atoms with E-state index in [1.54, 1.807) is 0 Å². The van der Waals surface area contributed by atoms with E-state index in [-0.39, 0.29) is 11.4 Å². The predicted octanol–water partition coefficient (Wildman–Crippen LogP) is 2.67. The highest BCUT2D eigenvalue weighted by atomic mass is 16.5. The molecule has 1 aromatic carbocycles. The summed E-state index contributed by atoms with van der Waals surface area (Å²) in [5.74, 6) is -0.0877. The summed E-state index contributed by atoms with van der Waals surface area (Å²) in [7, 11) is 1.46. The third kappa shape index (κ3) is 2.28. The van der Waals surface area contributed by atoms with Crippen molar-refractivity contribution in [3.63, 3.8) is 0 Å². The number of rotatable bonds is 4. The molecule has 1 saturated carbocycles. The third-order valence-electron chi connectivity index (χ3n) is 3.69. The Morgan fingerprint density at radius 3 is 2.71 bits per heavy atom. The minimum Gasteiger partial charge on any atom is -0.469 e. The smallest absolute Gasteiger partial charge is 0.313 e. The van der Waals surface area contributed by atoms with Crippen LogP contribution in [0.3, 0.4) is 0 Å². The number of ether oxygens (including phenoxy) is 1. The Balaban J connectivity index is 2.03. The highest BCUT2D eigenvalue weighted by Gasteiger charge is 2.50. The maximum absolute atomic E-state index is 11.6. The Morgan fingerprint density at radius 2 is 2.12 bits per heavy atom. The average Bonchev–Trinajstić information content (AvgIpc) is 3.11. The van der Waals surface area contributed by atoms with E-state index in [4.69, 9.17) is 4.74 Å². The molecule has 2 rings (SSSR count). The van der Waals surface area contributed by atoms with Gasteiger partial charge in [0.25, 0.3) is 0 Å². The van der Waals surface area contributed by atoms with Crippen molar-refractivity contribution in [3.8, 4) is 0 Å². The second-order valence-corrected chi connectivity index (χ2v) is 4.87. The van der Waals surface area contributed by atoms with Crippen molar-refractivity contribution in [2.75, 3.05) is 19.0 Å². The van der Waals surface area contributed by atoms with Crippen molar-refractivity contribution in [2.45, 2.75) is 26.7 Å². The fraction of sp³-hybridized carbons (Fsp3) is 0.500. The number of benzene rings is 1. The number of anilines is 1. The summed E-state index contributed by atoms with van der Waals surface area (Å²) < 4.78 is 4.84. The molecule has 3 nitrogen and oxygen atoms in total. The maximum atomic E-state index is 11.6. The van der Waals surface area contributed by atoms with Gasteiger partial charge in [0.1, 0.15) is 0 Å². The maximum Gasteiger partial charge on any atom is 0.313 e. The summed E-state index contributed by atoms with van der Waals surface area (Å²) in [6, 6.07) is 6.17. The first-order valence-electron chi connectivity index (χ1n) is 5.97. The van der Waals surface area contributed by atoms with Crippen molar-refractivity contribution >= 4 is 11.7 Å². The van der Waals surface area contributed by atoms with Gasteiger partial charge in [0.2, 0.25) is 0 Å². The third-order valence-corrected chi connectivity index (χ3v) is 3.69. The van der Waals surface area contributed by atoms with E-state index in [0.717, 1.165) is 18.5 Å². The van der Waals surface area contributed by atoms with Gasteiger partial charge in [-0.15, -0.1) is 0 Å². The minimum atomic E-state index is -0.273. The van der Waals surface area contributed by atoms with Gasteiger partial charge in [0, 0.05) is 12.2 Å². The molecule has 1 aromatic rings. The molecule has 3 heteroatoms. The quantitative estimate of drug-likeness (QED) is 0.812. The zero-order valence-corrected chi connectivity index (χ0v) is 10.7. The molecule has 1 N–H and O–H groups in total. The Labute approximate surface area is 102 Å². The van der Waals surface area contributed by atoms with E-state index >= 15 is 0 Å². The Bertz CT molecular complexity index is 436. The fourth-order valence-electron chi connectivity index (χ4n) is 2.03. The minimum absolute atomic E-state index is 0.0877. The van der Waals surface area contributed by atoms with Gasteiger partial charge >= 0.3 is 5.97 Å². The summed E-state index contributed by atoms with van der Waals surface area (Å²) in [4.78, 5) is 11.6. The van der Waals surface area contributed by atoms with Crippen LogP contribution >= 0.6 is 0 Å². The molecule has 0 amide bonds. The number of carbonyl (C=O) groups is 1. The highest BCUT2D eigenvalue weighted by molar-refractivity contribution is 5.80. The standard InChI is InChI=1S/C14H19NO2/c1-10-5-4-6-12(11(10)2)15-9-14(7-8-14)13(16)17-3/h4-6,15H,7-9H2,1-3H3. The average molecular weight is 233 g/mol. The Morgan fingerprint density at radius 1 is 1.41 bits per heavy atom. The van der Waals surface area contributed by atoms with Gasteiger partial charge in [-0.05, 0) is 43.9 Å². The monoisotopic (exact) mass is 233 g/mol. The zero-order valence-electron chi connectivity index (χ0n) is 10.7. The van der Waals surface area contributed by atoms with Crippen LogP contribution in [0.25, 0.3) is 0 Å². The van der Waals surface area contributed by atoms with Crippen LogP contribution < -0.4 is 5.32 Å². The molecule has 17 heavy (non-hydrogen) atoms. The van der Waals surface area contributed by atoms with Crippen LogP contribution in [0.2, 0.25) is 0 Å². The summed E-state index contributed by atoms with van der Waals surface area (Å²) in [5.41, 5.74) is 3.34. The number of aryl methyl sites for hydroxylation is 1. The Kier molecular flexibility index (Phi) is 3.09. The van der Waals surface area contributed by atoms with E-state index in [2.05, 4.69) is 31.3 Å². The number of esters is 1. The van der Waals surface area contributed by atoms with Crippen LogP contribution in [0.15, 0.2) is 18.2 Å². The van der Waals surface area contributed by atoms with Crippen molar-refractivity contribution in [1.82, 2.24) is 0 Å². The van der Waals surface area contributed by atoms with Gasteiger partial charge in [-0.25, -0.2) is 0 Å². The van der Waals surface area contributed by atoms with Gasteiger partial charge in [-0.1, -0.05) is 12.1 Å². The predicted molar refractivity (Wildman–Crippen MR) is 68.1 cm³/mol. The molecule has 0 aliphatic heterocycles. The lowest BCUT2D eigenvalue weighted by atomic mass is 10.1. The first-order chi connectivity index (χ1) is 8.09. The van der Waals surface area contributed by atoms with E-state index in [0.29, 0.717) is 6.54 Å². The van der Waals surface area contributed by atoms with Crippen LogP contribution in [0.4, 0.5) is 5.69 Å². The molecular weight excluding hydrogens is 214 g/mol. The molecular formula is C14H19NO2. The number of hydrogen-bond acceptors (Lipinski definition) is 3. The zero-order chi connectivity index (χ0) is 12.5. The molecule has 0 radical (unpaired) electrons. The number of nitrogens with one attached hydrogen (secondary N) is 1. The van der Waals surface area contributed by atoms with E-state index < -0.39 is 0 Å². The van der Waals surface area contributed by atoms with Crippen LogP contribution in [0.5, 0.6) is 0 Å². The molecule has 92 valence electrons. The van der Waals surface area contributed by atoms with Gasteiger partial charge < -0.3 is 10.1 Å². The summed E-state index contributed by atoms with van der Waals surface area (Å²) in [6.07, 6.45) is 1.86. The van der Waals surface area contributed by atoms with E-state index in [1.807, 2.05) is 6.07 Å². The summed E-state index contributed by atoms with van der Waals surface area (Å²) >= 11 is 0. The first-order valence-corrected chi connectivity index (χ1v) is 5.97. The number of hydrogen-bond donors (Lipinski definition) is 1. The SMILES string of the molecule is COC(=O)C1(CNc2cccc(C)c2C)CC1. The molecule has 0 saturated heterocycles. The largest absolute Gasteiger partial charge is 0.469 e. The fourth-order valence-corrected chi connectivity index (χ4v) is 2.03. The molecule has 1 aliphatic carbocycles. The lowest BCUT2D eigenvalue weighted by Crippen LogP contribution is -2.26. The lowest BCUT2D eigenvalue weighted by molar-refractivity contribution is -0.146. The van der Waals surface area contributed by atoms with Gasteiger partial charge in [-0.3, -0.25) is 4.79 Å². The van der Waals surface area contributed by atoms with Crippen LogP contribution in [0.1, 0.15) is 24.0 Å². The second-order valence-electron chi connectivity index (χ2n) is 4.87. The van der Waals surface area contributed by atoms with Crippen LogP contribution in [-0.4, -0.2) is 19.6 Å². The topological polar surface area (TPSA) is 38.3 Å². The van der Waals surface area contributed by atoms with Gasteiger partial charge in [0.15, 0.2) is 0 Å². The molecule has 0 bridgehead atoms. The number of methoxy groups -OCH3 is 1. The van der Waals surface area contributed by atoms with E-state index in [9.17, 15) is 4.79 Å². The molecule has 1 fully saturated rings. The van der Waals surface area contributed by atoms with Crippen molar-refractivity contribution in [2.24, 2.45) is 5.41 Å². The van der Waals surface area contributed by atoms with Crippen molar-refractivity contribution in [3.05, 3.63) is 29.3 Å². The summed E-state index contributed by atoms with van der Waals surface area (Å²) in [5, 5.41) is 3.37. The molecule has 0 unspecified atom stereocenters. The van der Waals surface area contributed by atoms with E-state index in [1.165, 1.54) is 18.2 Å². The number of carbonyl (C=O) groups excluding carboxylic acids is 1. The molecule has 0 atom stereocenters. The molecule has 0 aromatic heterocycles. The highest BCUT2D eigenvalue weighted by Crippen LogP contribution is 2.46. The molecule has 0 spiro atoms. The molecule has 1 aliphatic rings.